The molecule has 4 rings (SSSR count). The molecule has 4 nitrogen and oxygen atoms in total. The summed E-state index contributed by atoms with van der Waals surface area (Å²) in [5.74, 6) is -1.38. The molecule has 0 aliphatic heterocycles. The van der Waals surface area contributed by atoms with Crippen molar-refractivity contribution in [2.24, 2.45) is 5.73 Å². The Bertz CT molecular complexity index is 1300. The van der Waals surface area contributed by atoms with E-state index in [4.69, 9.17) is 17.3 Å². The minimum Gasteiger partial charge on any atom is -0.368 e. The van der Waals surface area contributed by atoms with Crippen molar-refractivity contribution in [1.29, 1.82) is 0 Å². The van der Waals surface area contributed by atoms with Gasteiger partial charge in [0.15, 0.2) is 0 Å². The minimum absolute atomic E-state index is 0.116. The van der Waals surface area contributed by atoms with E-state index in [0.717, 1.165) is 31.7 Å². The average molecular weight is 453 g/mol. The van der Waals surface area contributed by atoms with Crippen molar-refractivity contribution in [1.82, 2.24) is 5.32 Å². The second-order valence-electron chi connectivity index (χ2n) is 7.09. The maximum absolute atomic E-state index is 13.4. The number of amides is 2. The van der Waals surface area contributed by atoms with Crippen LogP contribution >= 0.6 is 22.9 Å². The van der Waals surface area contributed by atoms with Gasteiger partial charge in [-0.25, -0.2) is 4.39 Å². The van der Waals surface area contributed by atoms with Gasteiger partial charge in [0.05, 0.1) is 11.6 Å². The SMILES string of the molecule is NC(=O)CNC(=O)c1cccc(-c2cccc3cc(Cc4ccc(F)c(Cl)c4)sc23)c1. The quantitative estimate of drug-likeness (QED) is 0.423. The number of hydrogen-bond donors (Lipinski definition) is 2. The highest BCUT2D eigenvalue weighted by atomic mass is 35.5. The Balaban J connectivity index is 1.66. The second kappa shape index (κ2) is 8.88. The molecular weight excluding hydrogens is 435 g/mol. The number of halogens is 2. The summed E-state index contributed by atoms with van der Waals surface area (Å²) in [5, 5.41) is 3.71. The van der Waals surface area contributed by atoms with Gasteiger partial charge in [0, 0.05) is 21.6 Å². The van der Waals surface area contributed by atoms with Crippen LogP contribution in [0.1, 0.15) is 20.8 Å². The number of nitrogens with two attached hydrogens (primary N) is 1. The van der Waals surface area contributed by atoms with Gasteiger partial charge in [-0.2, -0.15) is 0 Å². The first-order chi connectivity index (χ1) is 14.9. The van der Waals surface area contributed by atoms with E-state index in [-0.39, 0.29) is 17.5 Å². The van der Waals surface area contributed by atoms with E-state index in [1.807, 2.05) is 30.3 Å². The number of benzene rings is 3. The molecule has 0 saturated carbocycles. The molecule has 3 aromatic carbocycles. The molecule has 0 bridgehead atoms. The first-order valence-corrected chi connectivity index (χ1v) is 10.7. The van der Waals surface area contributed by atoms with Crippen LogP contribution in [0.4, 0.5) is 4.39 Å². The lowest BCUT2D eigenvalue weighted by Gasteiger charge is -2.07. The number of carbonyl (C=O) groups excluding carboxylic acids is 2. The molecule has 0 saturated heterocycles. The van der Waals surface area contributed by atoms with Gasteiger partial charge in [-0.1, -0.05) is 48.0 Å². The Morgan fingerprint density at radius 3 is 2.61 bits per heavy atom. The topological polar surface area (TPSA) is 72.2 Å². The first kappa shape index (κ1) is 21.0. The predicted octanol–water partition coefficient (Wildman–Crippen LogP) is 5.17. The molecule has 3 N–H and O–H groups in total. The number of fused-ring (bicyclic) bond motifs is 1. The third-order valence-corrected chi connectivity index (χ3v) is 6.29. The molecule has 0 fully saturated rings. The van der Waals surface area contributed by atoms with Gasteiger partial charge >= 0.3 is 0 Å². The van der Waals surface area contributed by atoms with Crippen molar-refractivity contribution in [2.75, 3.05) is 6.54 Å². The van der Waals surface area contributed by atoms with Crippen LogP contribution in [0.15, 0.2) is 66.7 Å². The van der Waals surface area contributed by atoms with Crippen molar-refractivity contribution in [3.05, 3.63) is 93.6 Å². The summed E-state index contributed by atoms with van der Waals surface area (Å²) in [5.41, 5.74) is 8.40. The minimum atomic E-state index is -0.595. The third kappa shape index (κ3) is 4.76. The van der Waals surface area contributed by atoms with Crippen molar-refractivity contribution in [3.8, 4) is 11.1 Å². The third-order valence-electron chi connectivity index (χ3n) is 4.82. The zero-order valence-corrected chi connectivity index (χ0v) is 17.9. The highest BCUT2D eigenvalue weighted by molar-refractivity contribution is 7.19. The summed E-state index contributed by atoms with van der Waals surface area (Å²) in [6.45, 7) is -0.208. The Hall–Kier alpha value is -3.22. The molecule has 0 unspecified atom stereocenters. The van der Waals surface area contributed by atoms with Crippen LogP contribution in [0.2, 0.25) is 5.02 Å². The fourth-order valence-corrected chi connectivity index (χ4v) is 4.81. The molecule has 31 heavy (non-hydrogen) atoms. The number of carbonyl (C=O) groups is 2. The molecule has 0 spiro atoms. The van der Waals surface area contributed by atoms with Crippen molar-refractivity contribution in [3.63, 3.8) is 0 Å². The summed E-state index contributed by atoms with van der Waals surface area (Å²) in [4.78, 5) is 24.3. The molecule has 2 amide bonds. The fraction of sp³-hybridized carbons (Fsp3) is 0.0833. The number of rotatable bonds is 6. The molecule has 7 heteroatoms. The van der Waals surface area contributed by atoms with Crippen LogP contribution in [0.5, 0.6) is 0 Å². The lowest BCUT2D eigenvalue weighted by molar-refractivity contribution is -0.117. The normalized spacial score (nSPS) is 10.9. The molecule has 4 aromatic rings. The van der Waals surface area contributed by atoms with Crippen LogP contribution in [0.25, 0.3) is 21.2 Å². The van der Waals surface area contributed by atoms with Crippen LogP contribution in [0.3, 0.4) is 0 Å². The zero-order valence-electron chi connectivity index (χ0n) is 16.3. The molecular formula is C24H18ClFN2O2S. The summed E-state index contributed by atoms with van der Waals surface area (Å²) >= 11 is 7.57. The Morgan fingerprint density at radius 1 is 1.03 bits per heavy atom. The van der Waals surface area contributed by atoms with E-state index in [1.165, 1.54) is 6.07 Å². The monoisotopic (exact) mass is 452 g/mol. The molecule has 0 atom stereocenters. The summed E-state index contributed by atoms with van der Waals surface area (Å²) < 4.78 is 14.5. The fourth-order valence-electron chi connectivity index (χ4n) is 3.38. The molecule has 1 aromatic heterocycles. The van der Waals surface area contributed by atoms with Gasteiger partial charge in [-0.3, -0.25) is 9.59 Å². The van der Waals surface area contributed by atoms with E-state index in [1.54, 1.807) is 35.6 Å². The molecule has 0 radical (unpaired) electrons. The number of primary amides is 1. The molecule has 0 aliphatic rings. The smallest absolute Gasteiger partial charge is 0.251 e. The van der Waals surface area contributed by atoms with Gasteiger partial charge < -0.3 is 11.1 Å². The van der Waals surface area contributed by atoms with Gasteiger partial charge in [0.1, 0.15) is 5.82 Å². The lowest BCUT2D eigenvalue weighted by atomic mass is 10.0. The maximum Gasteiger partial charge on any atom is 0.251 e. The standard InChI is InChI=1S/C24H18ClFN2O2S/c25-20-10-14(7-8-21(20)26)9-18-12-16-4-2-6-19(23(16)31-18)15-3-1-5-17(11-15)24(30)28-13-22(27)29/h1-8,10-12H,9,13H2,(H2,27,29)(H,28,30). The Kier molecular flexibility index (Phi) is 6.02. The average Bonchev–Trinajstić information content (AvgIpc) is 3.17. The zero-order chi connectivity index (χ0) is 22.0. The van der Waals surface area contributed by atoms with Crippen molar-refractivity contribution < 1.29 is 14.0 Å². The number of hydrogen-bond acceptors (Lipinski definition) is 3. The lowest BCUT2D eigenvalue weighted by Crippen LogP contribution is -2.33. The van der Waals surface area contributed by atoms with Gasteiger partial charge in [0.25, 0.3) is 5.91 Å². The van der Waals surface area contributed by atoms with Gasteiger partial charge in [-0.15, -0.1) is 11.3 Å². The Morgan fingerprint density at radius 2 is 1.84 bits per heavy atom. The second-order valence-corrected chi connectivity index (χ2v) is 8.64. The van der Waals surface area contributed by atoms with E-state index in [2.05, 4.69) is 11.4 Å². The van der Waals surface area contributed by atoms with E-state index in [9.17, 15) is 14.0 Å². The van der Waals surface area contributed by atoms with E-state index >= 15 is 0 Å². The number of nitrogens with one attached hydrogen (secondary N) is 1. The van der Waals surface area contributed by atoms with E-state index < -0.39 is 11.7 Å². The van der Waals surface area contributed by atoms with Gasteiger partial charge in [0.2, 0.25) is 5.91 Å². The predicted molar refractivity (Wildman–Crippen MR) is 123 cm³/mol. The van der Waals surface area contributed by atoms with Crippen molar-refractivity contribution >= 4 is 44.8 Å². The van der Waals surface area contributed by atoms with Crippen LogP contribution < -0.4 is 11.1 Å². The number of thiophene rings is 1. The van der Waals surface area contributed by atoms with Crippen molar-refractivity contribution in [2.45, 2.75) is 6.42 Å². The summed E-state index contributed by atoms with van der Waals surface area (Å²) in [6, 6.07) is 20.1. The first-order valence-electron chi connectivity index (χ1n) is 9.53. The Labute approximate surface area is 187 Å². The highest BCUT2D eigenvalue weighted by Gasteiger charge is 2.12. The summed E-state index contributed by atoms with van der Waals surface area (Å²) in [7, 11) is 0. The molecule has 0 aliphatic carbocycles. The van der Waals surface area contributed by atoms with Crippen LogP contribution in [-0.4, -0.2) is 18.4 Å². The maximum atomic E-state index is 13.4. The van der Waals surface area contributed by atoms with Crippen LogP contribution in [-0.2, 0) is 11.2 Å². The molecule has 156 valence electrons. The van der Waals surface area contributed by atoms with Crippen LogP contribution in [0, 0.1) is 5.82 Å². The van der Waals surface area contributed by atoms with Gasteiger partial charge in [-0.05, 0) is 52.4 Å². The summed E-state index contributed by atoms with van der Waals surface area (Å²) in [6.07, 6.45) is 0.647. The molecule has 1 heterocycles. The highest BCUT2D eigenvalue weighted by Crippen LogP contribution is 2.36. The largest absolute Gasteiger partial charge is 0.368 e. The van der Waals surface area contributed by atoms with E-state index in [0.29, 0.717) is 12.0 Å².